The molecule has 0 saturated carbocycles. The third-order valence-corrected chi connectivity index (χ3v) is 3.67. The lowest BCUT2D eigenvalue weighted by molar-refractivity contribution is 0.371. The van der Waals surface area contributed by atoms with Crippen LogP contribution in [0.3, 0.4) is 0 Å². The Hall–Kier alpha value is -2.71. The third kappa shape index (κ3) is 2.24. The molecular formula is C16H11ClN2O3. The van der Waals surface area contributed by atoms with E-state index in [9.17, 15) is 10.1 Å². The molecule has 6 heteroatoms. The molecule has 0 amide bonds. The van der Waals surface area contributed by atoms with Crippen molar-refractivity contribution in [3.63, 3.8) is 0 Å². The first kappa shape index (κ1) is 14.2. The average Bonchev–Trinajstić information content (AvgIpc) is 2.45. The van der Waals surface area contributed by atoms with Crippen molar-refractivity contribution in [2.45, 2.75) is 12.8 Å². The Morgan fingerprint density at radius 1 is 1.36 bits per heavy atom. The summed E-state index contributed by atoms with van der Waals surface area (Å²) in [5.41, 5.74) is 6.36. The maximum atomic E-state index is 12.3. The van der Waals surface area contributed by atoms with Crippen LogP contribution >= 0.6 is 11.6 Å². The Kier molecular flexibility index (Phi) is 3.39. The van der Waals surface area contributed by atoms with Crippen LogP contribution in [0.2, 0.25) is 5.02 Å². The molecule has 1 atom stereocenters. The second-order valence-corrected chi connectivity index (χ2v) is 5.34. The Balaban J connectivity index is 2.32. The number of hydrogen-bond acceptors (Lipinski definition) is 5. The highest BCUT2D eigenvalue weighted by molar-refractivity contribution is 6.30. The van der Waals surface area contributed by atoms with Gasteiger partial charge in [0.25, 0.3) is 0 Å². The van der Waals surface area contributed by atoms with Gasteiger partial charge < -0.3 is 14.9 Å². The van der Waals surface area contributed by atoms with Crippen molar-refractivity contribution in [1.29, 1.82) is 5.26 Å². The summed E-state index contributed by atoms with van der Waals surface area (Å²) < 4.78 is 10.6. The van der Waals surface area contributed by atoms with E-state index in [0.29, 0.717) is 22.1 Å². The van der Waals surface area contributed by atoms with Crippen molar-refractivity contribution in [1.82, 2.24) is 0 Å². The molecule has 0 aliphatic carbocycles. The number of ether oxygens (including phenoxy) is 1. The van der Waals surface area contributed by atoms with E-state index in [0.717, 1.165) is 0 Å². The maximum absolute atomic E-state index is 12.3. The van der Waals surface area contributed by atoms with Crippen LogP contribution in [-0.2, 0) is 0 Å². The Bertz CT molecular complexity index is 893. The van der Waals surface area contributed by atoms with Gasteiger partial charge in [-0.15, -0.1) is 0 Å². The van der Waals surface area contributed by atoms with Gasteiger partial charge in [0, 0.05) is 11.1 Å². The van der Waals surface area contributed by atoms with Crippen LogP contribution in [-0.4, -0.2) is 0 Å². The summed E-state index contributed by atoms with van der Waals surface area (Å²) in [6.07, 6.45) is 0. The van der Waals surface area contributed by atoms with Crippen LogP contribution in [0.5, 0.6) is 5.75 Å². The summed E-state index contributed by atoms with van der Waals surface area (Å²) >= 11 is 6.02. The number of hydrogen-bond donors (Lipinski definition) is 1. The van der Waals surface area contributed by atoms with Gasteiger partial charge >= 0.3 is 5.63 Å². The van der Waals surface area contributed by atoms with Gasteiger partial charge in [-0.3, -0.25) is 0 Å². The number of nitriles is 1. The van der Waals surface area contributed by atoms with Gasteiger partial charge in [-0.25, -0.2) is 4.79 Å². The van der Waals surface area contributed by atoms with Crippen LogP contribution in [0.1, 0.15) is 22.8 Å². The minimum atomic E-state index is -0.663. The highest BCUT2D eigenvalue weighted by Gasteiger charge is 2.34. The summed E-state index contributed by atoms with van der Waals surface area (Å²) in [4.78, 5) is 12.3. The van der Waals surface area contributed by atoms with Gasteiger partial charge in [-0.2, -0.15) is 5.26 Å². The molecule has 1 aliphatic heterocycles. The lowest BCUT2D eigenvalue weighted by atomic mass is 9.84. The van der Waals surface area contributed by atoms with E-state index < -0.39 is 11.5 Å². The first-order chi connectivity index (χ1) is 10.5. The van der Waals surface area contributed by atoms with E-state index in [1.165, 1.54) is 0 Å². The fourth-order valence-corrected chi connectivity index (χ4v) is 2.74. The maximum Gasteiger partial charge on any atom is 0.343 e. The standard InChI is InChI=1S/C16H11ClN2O3/c1-8-5-12-14(16(20)21-8)13(11(7-18)15(19)22-12)9-3-2-4-10(17)6-9/h2-6,13H,19H2,1H3/t13-/m0/s1. The van der Waals surface area contributed by atoms with Gasteiger partial charge in [-0.1, -0.05) is 23.7 Å². The number of halogens is 1. The molecule has 0 radical (unpaired) electrons. The predicted octanol–water partition coefficient (Wildman–Crippen LogP) is 2.82. The molecule has 1 aromatic heterocycles. The van der Waals surface area contributed by atoms with Crippen molar-refractivity contribution < 1.29 is 9.15 Å². The molecule has 0 fully saturated rings. The Morgan fingerprint density at radius 2 is 2.14 bits per heavy atom. The summed E-state index contributed by atoms with van der Waals surface area (Å²) in [6, 6.07) is 10.5. The quantitative estimate of drug-likeness (QED) is 0.874. The number of rotatable bonds is 1. The smallest absolute Gasteiger partial charge is 0.343 e. The normalized spacial score (nSPS) is 16.7. The molecule has 0 spiro atoms. The largest absolute Gasteiger partial charge is 0.440 e. The predicted molar refractivity (Wildman–Crippen MR) is 80.5 cm³/mol. The van der Waals surface area contributed by atoms with Crippen molar-refractivity contribution in [3.05, 3.63) is 74.1 Å². The zero-order valence-corrected chi connectivity index (χ0v) is 12.3. The molecule has 5 nitrogen and oxygen atoms in total. The molecule has 22 heavy (non-hydrogen) atoms. The lowest BCUT2D eigenvalue weighted by Crippen LogP contribution is -2.26. The Labute approximate surface area is 131 Å². The monoisotopic (exact) mass is 314 g/mol. The van der Waals surface area contributed by atoms with Crippen molar-refractivity contribution in [2.24, 2.45) is 5.73 Å². The minimum Gasteiger partial charge on any atom is -0.440 e. The lowest BCUT2D eigenvalue weighted by Gasteiger charge is -2.25. The fraction of sp³-hybridized carbons (Fsp3) is 0.125. The molecule has 0 saturated heterocycles. The number of nitrogens with zero attached hydrogens (tertiary/aromatic N) is 1. The zero-order chi connectivity index (χ0) is 15.9. The van der Waals surface area contributed by atoms with Crippen molar-refractivity contribution in [2.75, 3.05) is 0 Å². The summed E-state index contributed by atoms with van der Waals surface area (Å²) in [5, 5.41) is 9.90. The molecule has 0 unspecified atom stereocenters. The van der Waals surface area contributed by atoms with Crippen LogP contribution in [0.4, 0.5) is 0 Å². The summed E-state index contributed by atoms with van der Waals surface area (Å²) in [6.45, 7) is 1.64. The average molecular weight is 315 g/mol. The molecule has 1 aromatic carbocycles. The SMILES string of the molecule is Cc1cc2c(c(=O)o1)[C@@H](c1cccc(Cl)c1)C(C#N)=C(N)O2. The topological polar surface area (TPSA) is 89.2 Å². The zero-order valence-electron chi connectivity index (χ0n) is 11.6. The molecule has 2 heterocycles. The number of aryl methyl sites for hydroxylation is 1. The van der Waals surface area contributed by atoms with Crippen molar-refractivity contribution >= 4 is 11.6 Å². The second-order valence-electron chi connectivity index (χ2n) is 4.90. The first-order valence-corrected chi connectivity index (χ1v) is 6.86. The molecule has 2 aromatic rings. The number of benzene rings is 1. The van der Waals surface area contributed by atoms with E-state index in [1.54, 1.807) is 37.3 Å². The van der Waals surface area contributed by atoms with E-state index in [4.69, 9.17) is 26.5 Å². The summed E-state index contributed by atoms with van der Waals surface area (Å²) in [7, 11) is 0. The number of fused-ring (bicyclic) bond motifs is 1. The van der Waals surface area contributed by atoms with Gasteiger partial charge in [0.1, 0.15) is 23.2 Å². The molecule has 3 rings (SSSR count). The molecule has 110 valence electrons. The van der Waals surface area contributed by atoms with Crippen LogP contribution in [0, 0.1) is 18.3 Å². The van der Waals surface area contributed by atoms with Gasteiger partial charge in [0.2, 0.25) is 5.88 Å². The van der Waals surface area contributed by atoms with E-state index in [-0.39, 0.29) is 17.0 Å². The Morgan fingerprint density at radius 3 is 2.82 bits per heavy atom. The fourth-order valence-electron chi connectivity index (χ4n) is 2.54. The summed E-state index contributed by atoms with van der Waals surface area (Å²) in [5.74, 6) is 0.0197. The highest BCUT2D eigenvalue weighted by Crippen LogP contribution is 2.40. The number of allylic oxidation sites excluding steroid dienone is 1. The van der Waals surface area contributed by atoms with E-state index in [2.05, 4.69) is 0 Å². The van der Waals surface area contributed by atoms with Gasteiger partial charge in [-0.05, 0) is 24.6 Å². The number of nitrogens with two attached hydrogens (primary N) is 1. The first-order valence-electron chi connectivity index (χ1n) is 6.49. The van der Waals surface area contributed by atoms with Crippen LogP contribution < -0.4 is 16.1 Å². The van der Waals surface area contributed by atoms with E-state index >= 15 is 0 Å². The van der Waals surface area contributed by atoms with Gasteiger partial charge in [0.05, 0.1) is 11.5 Å². The van der Waals surface area contributed by atoms with Crippen LogP contribution in [0.25, 0.3) is 0 Å². The highest BCUT2D eigenvalue weighted by atomic mass is 35.5. The third-order valence-electron chi connectivity index (χ3n) is 3.44. The van der Waals surface area contributed by atoms with Gasteiger partial charge in [0.15, 0.2) is 0 Å². The van der Waals surface area contributed by atoms with Crippen molar-refractivity contribution in [3.8, 4) is 11.8 Å². The second kappa shape index (κ2) is 5.24. The molecular weight excluding hydrogens is 304 g/mol. The van der Waals surface area contributed by atoms with Crippen LogP contribution in [0.15, 0.2) is 51.0 Å². The van der Waals surface area contributed by atoms with E-state index in [1.807, 2.05) is 6.07 Å². The minimum absolute atomic E-state index is 0.0232. The molecule has 2 N–H and O–H groups in total. The molecule has 1 aliphatic rings. The molecule has 0 bridgehead atoms.